The molecule has 2 aliphatic heterocycles. The molecular formula is C24H28BrN3O2. The molecule has 2 saturated heterocycles. The van der Waals surface area contributed by atoms with Crippen LogP contribution in [-0.2, 0) is 0 Å². The molecule has 2 aromatic rings. The Morgan fingerprint density at radius 3 is 2.23 bits per heavy atom. The van der Waals surface area contributed by atoms with Crippen molar-refractivity contribution in [1.29, 1.82) is 0 Å². The quantitative estimate of drug-likeness (QED) is 0.718. The van der Waals surface area contributed by atoms with Gasteiger partial charge < -0.3 is 15.1 Å². The lowest BCUT2D eigenvalue weighted by atomic mass is 10.0. The Morgan fingerprint density at radius 1 is 0.867 bits per heavy atom. The minimum Gasteiger partial charge on any atom is -0.371 e. The minimum absolute atomic E-state index is 0.0263. The van der Waals surface area contributed by atoms with Crippen molar-refractivity contribution in [3.05, 3.63) is 64.1 Å². The van der Waals surface area contributed by atoms with E-state index in [9.17, 15) is 9.59 Å². The van der Waals surface area contributed by atoms with Crippen LogP contribution >= 0.6 is 15.9 Å². The molecule has 0 radical (unpaired) electrons. The highest BCUT2D eigenvalue weighted by Crippen LogP contribution is 2.26. The number of benzene rings is 2. The molecule has 30 heavy (non-hydrogen) atoms. The number of carbonyl (C=O) groups is 2. The average molecular weight is 470 g/mol. The number of para-hydroxylation sites is 1. The molecule has 1 N–H and O–H groups in total. The van der Waals surface area contributed by atoms with Crippen LogP contribution in [0.4, 0.5) is 5.69 Å². The second kappa shape index (κ2) is 9.65. The predicted octanol–water partition coefficient (Wildman–Crippen LogP) is 4.47. The van der Waals surface area contributed by atoms with Gasteiger partial charge in [-0.3, -0.25) is 9.59 Å². The molecule has 0 aromatic heterocycles. The van der Waals surface area contributed by atoms with Gasteiger partial charge in [-0.25, -0.2) is 0 Å². The number of halogens is 1. The number of carbonyl (C=O) groups excluding carboxylic acids is 2. The van der Waals surface area contributed by atoms with Crippen molar-refractivity contribution in [2.45, 2.75) is 38.1 Å². The summed E-state index contributed by atoms with van der Waals surface area (Å²) >= 11 is 3.40. The molecule has 2 aliphatic rings. The third-order valence-corrected chi connectivity index (χ3v) is 6.58. The van der Waals surface area contributed by atoms with Crippen molar-refractivity contribution < 1.29 is 9.59 Å². The Bertz CT molecular complexity index is 886. The monoisotopic (exact) mass is 469 g/mol. The van der Waals surface area contributed by atoms with Crippen LogP contribution in [0.25, 0.3) is 0 Å². The summed E-state index contributed by atoms with van der Waals surface area (Å²) < 4.78 is 0.963. The third kappa shape index (κ3) is 4.86. The van der Waals surface area contributed by atoms with Crippen LogP contribution in [0.3, 0.4) is 0 Å². The largest absolute Gasteiger partial charge is 0.371 e. The van der Waals surface area contributed by atoms with Crippen LogP contribution in [0.2, 0.25) is 0 Å². The Balaban J connectivity index is 1.38. The number of anilines is 1. The molecule has 0 aliphatic carbocycles. The maximum atomic E-state index is 13.1. The highest BCUT2D eigenvalue weighted by Gasteiger charge is 2.26. The van der Waals surface area contributed by atoms with Crippen LogP contribution < -0.4 is 10.2 Å². The van der Waals surface area contributed by atoms with Gasteiger partial charge in [-0.2, -0.15) is 0 Å². The molecule has 0 bridgehead atoms. The van der Waals surface area contributed by atoms with Gasteiger partial charge in [0.1, 0.15) is 0 Å². The molecule has 2 amide bonds. The summed E-state index contributed by atoms with van der Waals surface area (Å²) in [5, 5.41) is 3.16. The van der Waals surface area contributed by atoms with E-state index in [4.69, 9.17) is 0 Å². The van der Waals surface area contributed by atoms with E-state index in [0.29, 0.717) is 5.56 Å². The summed E-state index contributed by atoms with van der Waals surface area (Å²) in [6.07, 6.45) is 5.14. The molecule has 2 aromatic carbocycles. The number of nitrogens with one attached hydrogen (secondary N) is 1. The maximum Gasteiger partial charge on any atom is 0.255 e. The number of piperidine rings is 2. The highest BCUT2D eigenvalue weighted by molar-refractivity contribution is 9.10. The molecule has 0 unspecified atom stereocenters. The van der Waals surface area contributed by atoms with E-state index in [2.05, 4.69) is 32.2 Å². The summed E-state index contributed by atoms with van der Waals surface area (Å²) in [6.45, 7) is 3.37. The second-order valence-corrected chi connectivity index (χ2v) is 9.03. The van der Waals surface area contributed by atoms with Gasteiger partial charge >= 0.3 is 0 Å². The average Bonchev–Trinajstić information content (AvgIpc) is 2.80. The predicted molar refractivity (Wildman–Crippen MR) is 123 cm³/mol. The first kappa shape index (κ1) is 20.9. The maximum absolute atomic E-state index is 13.1. The smallest absolute Gasteiger partial charge is 0.255 e. The fourth-order valence-electron chi connectivity index (χ4n) is 4.33. The van der Waals surface area contributed by atoms with Gasteiger partial charge in [0.05, 0.1) is 5.56 Å². The Hall–Kier alpha value is -2.34. The van der Waals surface area contributed by atoms with Gasteiger partial charge in [0.2, 0.25) is 0 Å². The SMILES string of the molecule is O=C(NC1CCN(c2ccccc2C(=O)N2CCCCC2)CC1)c1ccc(Br)cc1. The van der Waals surface area contributed by atoms with Crippen LogP contribution in [0.1, 0.15) is 52.8 Å². The van der Waals surface area contributed by atoms with Gasteiger partial charge in [0.15, 0.2) is 0 Å². The molecule has 0 saturated carbocycles. The van der Waals surface area contributed by atoms with Gasteiger partial charge in [0.25, 0.3) is 11.8 Å². The zero-order valence-corrected chi connectivity index (χ0v) is 18.7. The van der Waals surface area contributed by atoms with Gasteiger partial charge in [-0.1, -0.05) is 28.1 Å². The van der Waals surface area contributed by atoms with Crippen molar-refractivity contribution in [3.8, 4) is 0 Å². The number of hydrogen-bond acceptors (Lipinski definition) is 3. The van der Waals surface area contributed by atoms with Crippen LogP contribution in [-0.4, -0.2) is 48.9 Å². The molecule has 0 atom stereocenters. The van der Waals surface area contributed by atoms with E-state index in [1.807, 2.05) is 47.4 Å². The third-order valence-electron chi connectivity index (χ3n) is 6.06. The minimum atomic E-state index is -0.0263. The number of likely N-dealkylation sites (tertiary alicyclic amines) is 1. The first-order chi connectivity index (χ1) is 14.6. The zero-order chi connectivity index (χ0) is 20.9. The summed E-state index contributed by atoms with van der Waals surface area (Å²) in [5.41, 5.74) is 2.50. The number of rotatable bonds is 4. The molecular weight excluding hydrogens is 442 g/mol. The van der Waals surface area contributed by atoms with Crippen molar-refractivity contribution in [3.63, 3.8) is 0 Å². The Labute approximate surface area is 186 Å². The van der Waals surface area contributed by atoms with Gasteiger partial charge in [-0.05, 0) is 68.5 Å². The number of nitrogens with zero attached hydrogens (tertiary/aromatic N) is 2. The summed E-state index contributed by atoms with van der Waals surface area (Å²) in [7, 11) is 0. The van der Waals surface area contributed by atoms with E-state index in [0.717, 1.165) is 67.6 Å². The van der Waals surface area contributed by atoms with Crippen LogP contribution in [0.5, 0.6) is 0 Å². The first-order valence-corrected chi connectivity index (χ1v) is 11.6. The Kier molecular flexibility index (Phi) is 6.72. The van der Waals surface area contributed by atoms with E-state index in [1.54, 1.807) is 0 Å². The summed E-state index contributed by atoms with van der Waals surface area (Å²) in [4.78, 5) is 29.9. The summed E-state index contributed by atoms with van der Waals surface area (Å²) in [6, 6.07) is 15.5. The van der Waals surface area contributed by atoms with Crippen LogP contribution in [0.15, 0.2) is 53.0 Å². The van der Waals surface area contributed by atoms with Gasteiger partial charge in [0, 0.05) is 47.9 Å². The van der Waals surface area contributed by atoms with E-state index in [-0.39, 0.29) is 17.9 Å². The molecule has 2 fully saturated rings. The fourth-order valence-corrected chi connectivity index (χ4v) is 4.60. The number of amides is 2. The van der Waals surface area contributed by atoms with Gasteiger partial charge in [-0.15, -0.1) is 0 Å². The first-order valence-electron chi connectivity index (χ1n) is 10.8. The van der Waals surface area contributed by atoms with E-state index in [1.165, 1.54) is 6.42 Å². The lowest BCUT2D eigenvalue weighted by Crippen LogP contribution is -2.45. The van der Waals surface area contributed by atoms with Crippen molar-refractivity contribution >= 4 is 33.4 Å². The Morgan fingerprint density at radius 2 is 1.53 bits per heavy atom. The molecule has 4 rings (SSSR count). The van der Waals surface area contributed by atoms with Crippen molar-refractivity contribution in [2.75, 3.05) is 31.1 Å². The normalized spacial score (nSPS) is 17.6. The molecule has 0 spiro atoms. The lowest BCUT2D eigenvalue weighted by molar-refractivity contribution is 0.0724. The molecule has 158 valence electrons. The molecule has 6 heteroatoms. The lowest BCUT2D eigenvalue weighted by Gasteiger charge is -2.36. The molecule has 5 nitrogen and oxygen atoms in total. The standard InChI is InChI=1S/C24H28BrN3O2/c25-19-10-8-18(9-11-19)23(29)26-20-12-16-27(17-13-20)22-7-3-2-6-21(22)24(30)28-14-4-1-5-15-28/h2-3,6-11,20H,1,4-5,12-17H2,(H,26,29). The topological polar surface area (TPSA) is 52.7 Å². The van der Waals surface area contributed by atoms with Crippen LogP contribution in [0, 0.1) is 0 Å². The molecule has 2 heterocycles. The zero-order valence-electron chi connectivity index (χ0n) is 17.1. The summed E-state index contributed by atoms with van der Waals surface area (Å²) in [5.74, 6) is 0.123. The number of hydrogen-bond donors (Lipinski definition) is 1. The fraction of sp³-hybridized carbons (Fsp3) is 0.417. The second-order valence-electron chi connectivity index (χ2n) is 8.11. The van der Waals surface area contributed by atoms with Crippen molar-refractivity contribution in [2.24, 2.45) is 0 Å². The van der Waals surface area contributed by atoms with Crippen molar-refractivity contribution in [1.82, 2.24) is 10.2 Å². The highest BCUT2D eigenvalue weighted by atomic mass is 79.9. The van der Waals surface area contributed by atoms with E-state index < -0.39 is 0 Å². The van der Waals surface area contributed by atoms with E-state index >= 15 is 0 Å².